The first-order valence-electron chi connectivity index (χ1n) is 5.88. The summed E-state index contributed by atoms with van der Waals surface area (Å²) in [5.74, 6) is 0.449. The lowest BCUT2D eigenvalue weighted by atomic mass is 10.1. The van der Waals surface area contributed by atoms with E-state index >= 15 is 0 Å². The molecule has 0 radical (unpaired) electrons. The zero-order chi connectivity index (χ0) is 14.3. The van der Waals surface area contributed by atoms with Crippen LogP contribution in [0.5, 0.6) is 0 Å². The van der Waals surface area contributed by atoms with E-state index in [-0.39, 0.29) is 0 Å². The van der Waals surface area contributed by atoms with Crippen molar-refractivity contribution in [3.63, 3.8) is 0 Å². The van der Waals surface area contributed by atoms with E-state index in [0.29, 0.717) is 16.3 Å². The third-order valence-corrected chi connectivity index (χ3v) is 3.85. The lowest BCUT2D eigenvalue weighted by Gasteiger charge is -2.06. The summed E-state index contributed by atoms with van der Waals surface area (Å²) in [7, 11) is 0. The minimum Gasteiger partial charge on any atom is -0.183 e. The van der Waals surface area contributed by atoms with E-state index in [9.17, 15) is 13.2 Å². The Labute approximate surface area is 115 Å². The fourth-order valence-electron chi connectivity index (χ4n) is 1.79. The highest BCUT2D eigenvalue weighted by molar-refractivity contribution is 7.16. The number of alkyl halides is 3. The zero-order valence-electron chi connectivity index (χ0n) is 10.3. The molecule has 0 N–H and O–H groups in total. The quantitative estimate of drug-likeness (QED) is 0.728. The number of halogens is 3. The van der Waals surface area contributed by atoms with Crippen LogP contribution in [0.4, 0.5) is 13.2 Å². The van der Waals surface area contributed by atoms with Crippen LogP contribution in [0.1, 0.15) is 17.5 Å². The molecule has 8 heteroatoms. The number of nitrogens with zero attached hydrogens (tertiary/aromatic N) is 4. The molecule has 0 atom stereocenters. The average molecular weight is 298 g/mol. The molecule has 0 aliphatic heterocycles. The number of fused-ring (bicyclic) bond motifs is 1. The Morgan fingerprint density at radius 1 is 1.15 bits per heavy atom. The molecule has 2 heterocycles. The van der Waals surface area contributed by atoms with Crippen molar-refractivity contribution in [2.75, 3.05) is 0 Å². The van der Waals surface area contributed by atoms with E-state index in [1.807, 2.05) is 6.92 Å². The van der Waals surface area contributed by atoms with Gasteiger partial charge >= 0.3 is 6.18 Å². The summed E-state index contributed by atoms with van der Waals surface area (Å²) in [5, 5.41) is 13.2. The Kier molecular flexibility index (Phi) is 2.97. The van der Waals surface area contributed by atoms with Crippen LogP contribution < -0.4 is 0 Å². The van der Waals surface area contributed by atoms with E-state index in [1.54, 1.807) is 4.52 Å². The summed E-state index contributed by atoms with van der Waals surface area (Å²) in [6, 6.07) is 4.82. The van der Waals surface area contributed by atoms with Crippen LogP contribution in [0.2, 0.25) is 0 Å². The lowest BCUT2D eigenvalue weighted by Crippen LogP contribution is -2.04. The minimum absolute atomic E-state index is 0.449. The smallest absolute Gasteiger partial charge is 0.183 e. The molecule has 4 nitrogen and oxygen atoms in total. The van der Waals surface area contributed by atoms with Crippen molar-refractivity contribution in [2.24, 2.45) is 0 Å². The molecule has 1 aromatic carbocycles. The second kappa shape index (κ2) is 4.55. The largest absolute Gasteiger partial charge is 0.416 e. The van der Waals surface area contributed by atoms with Gasteiger partial charge in [0.15, 0.2) is 5.82 Å². The van der Waals surface area contributed by atoms with E-state index in [0.717, 1.165) is 23.6 Å². The second-order valence-corrected chi connectivity index (χ2v) is 5.18. The molecule has 0 saturated carbocycles. The first kappa shape index (κ1) is 13.0. The summed E-state index contributed by atoms with van der Waals surface area (Å²) in [6.07, 6.45) is -3.56. The van der Waals surface area contributed by atoms with Gasteiger partial charge in [-0.15, -0.1) is 10.2 Å². The van der Waals surface area contributed by atoms with Gasteiger partial charge in [-0.2, -0.15) is 22.8 Å². The average Bonchev–Trinajstić information content (AvgIpc) is 2.97. The molecule has 20 heavy (non-hydrogen) atoms. The maximum Gasteiger partial charge on any atom is 0.416 e. The van der Waals surface area contributed by atoms with Gasteiger partial charge in [-0.3, -0.25) is 0 Å². The van der Waals surface area contributed by atoms with Gasteiger partial charge in [0.25, 0.3) is 0 Å². The normalized spacial score (nSPS) is 12.2. The summed E-state index contributed by atoms with van der Waals surface area (Å²) >= 11 is 1.42. The van der Waals surface area contributed by atoms with E-state index < -0.39 is 11.7 Å². The van der Waals surface area contributed by atoms with Gasteiger partial charge in [-0.05, 0) is 18.6 Å². The van der Waals surface area contributed by atoms with Crippen LogP contribution in [0.3, 0.4) is 0 Å². The van der Waals surface area contributed by atoms with Gasteiger partial charge in [0, 0.05) is 5.56 Å². The number of rotatable bonds is 2. The van der Waals surface area contributed by atoms with Crippen LogP contribution >= 0.6 is 11.3 Å². The van der Waals surface area contributed by atoms with Gasteiger partial charge in [-0.1, -0.05) is 30.4 Å². The molecule has 3 rings (SSSR count). The second-order valence-electron chi connectivity index (χ2n) is 4.14. The molecule has 0 saturated heterocycles. The number of aryl methyl sites for hydroxylation is 1. The molecule has 0 bridgehead atoms. The van der Waals surface area contributed by atoms with Crippen LogP contribution in [-0.4, -0.2) is 19.8 Å². The Balaban J connectivity index is 2.04. The van der Waals surface area contributed by atoms with Crippen LogP contribution in [0, 0.1) is 0 Å². The fraction of sp³-hybridized carbons (Fsp3) is 0.250. The molecule has 104 valence electrons. The van der Waals surface area contributed by atoms with Gasteiger partial charge in [0.1, 0.15) is 5.01 Å². The highest BCUT2D eigenvalue weighted by Crippen LogP contribution is 2.30. The number of aromatic nitrogens is 4. The number of hydrogen-bond acceptors (Lipinski definition) is 4. The van der Waals surface area contributed by atoms with Crippen molar-refractivity contribution in [3.8, 4) is 11.4 Å². The first-order chi connectivity index (χ1) is 9.49. The number of benzene rings is 1. The van der Waals surface area contributed by atoms with Gasteiger partial charge < -0.3 is 0 Å². The third kappa shape index (κ3) is 2.15. The van der Waals surface area contributed by atoms with Crippen molar-refractivity contribution >= 4 is 16.3 Å². The fourth-order valence-corrected chi connectivity index (χ4v) is 2.56. The minimum atomic E-state index is -4.34. The van der Waals surface area contributed by atoms with Gasteiger partial charge in [0.05, 0.1) is 5.56 Å². The van der Waals surface area contributed by atoms with Gasteiger partial charge in [0.2, 0.25) is 4.96 Å². The predicted molar refractivity (Wildman–Crippen MR) is 68.5 cm³/mol. The highest BCUT2D eigenvalue weighted by atomic mass is 32.1. The maximum absolute atomic E-state index is 12.5. The van der Waals surface area contributed by atoms with E-state index in [2.05, 4.69) is 15.3 Å². The van der Waals surface area contributed by atoms with Gasteiger partial charge in [-0.25, -0.2) is 0 Å². The summed E-state index contributed by atoms with van der Waals surface area (Å²) < 4.78 is 39.1. The van der Waals surface area contributed by atoms with Crippen LogP contribution in [0.15, 0.2) is 24.3 Å². The molecule has 3 aromatic rings. The maximum atomic E-state index is 12.5. The summed E-state index contributed by atoms with van der Waals surface area (Å²) in [5.41, 5.74) is -0.131. The summed E-state index contributed by atoms with van der Waals surface area (Å²) in [6.45, 7) is 1.98. The van der Waals surface area contributed by atoms with Crippen LogP contribution in [-0.2, 0) is 12.6 Å². The van der Waals surface area contributed by atoms with Crippen molar-refractivity contribution in [3.05, 3.63) is 34.8 Å². The lowest BCUT2D eigenvalue weighted by molar-refractivity contribution is -0.137. The molecule has 2 aromatic heterocycles. The predicted octanol–water partition coefficient (Wildman–Crippen LogP) is 3.43. The Hall–Kier alpha value is -1.96. The Morgan fingerprint density at radius 2 is 1.85 bits per heavy atom. The molecule has 0 fully saturated rings. The SMILES string of the molecule is CCc1nn2c(-c3ccc(C(F)(F)F)cc3)nnc2s1. The van der Waals surface area contributed by atoms with E-state index in [1.165, 1.54) is 23.5 Å². The molecule has 0 unspecified atom stereocenters. The van der Waals surface area contributed by atoms with Crippen molar-refractivity contribution in [1.82, 2.24) is 19.8 Å². The molecular formula is C12H9F3N4S. The van der Waals surface area contributed by atoms with Crippen LogP contribution in [0.25, 0.3) is 16.3 Å². The Morgan fingerprint density at radius 3 is 2.45 bits per heavy atom. The monoisotopic (exact) mass is 298 g/mol. The molecular weight excluding hydrogens is 289 g/mol. The standard InChI is InChI=1S/C12H9F3N4S/c1-2-9-18-19-10(16-17-11(19)20-9)7-3-5-8(6-4-7)12(13,14)15/h3-6H,2H2,1H3. The molecule has 0 aliphatic carbocycles. The van der Waals surface area contributed by atoms with Crippen molar-refractivity contribution < 1.29 is 13.2 Å². The molecule has 0 spiro atoms. The molecule has 0 aliphatic rings. The Bertz CT molecular complexity index is 742. The van der Waals surface area contributed by atoms with Crippen molar-refractivity contribution in [1.29, 1.82) is 0 Å². The topological polar surface area (TPSA) is 43.1 Å². The van der Waals surface area contributed by atoms with E-state index in [4.69, 9.17) is 0 Å². The first-order valence-corrected chi connectivity index (χ1v) is 6.69. The number of hydrogen-bond donors (Lipinski definition) is 0. The van der Waals surface area contributed by atoms with Crippen molar-refractivity contribution in [2.45, 2.75) is 19.5 Å². The molecule has 0 amide bonds. The highest BCUT2D eigenvalue weighted by Gasteiger charge is 2.30. The summed E-state index contributed by atoms with van der Waals surface area (Å²) in [4.78, 5) is 0.636. The third-order valence-electron chi connectivity index (χ3n) is 2.81. The zero-order valence-corrected chi connectivity index (χ0v) is 11.2.